The van der Waals surface area contributed by atoms with Gasteiger partial charge in [-0.3, -0.25) is 4.79 Å². The number of methoxy groups -OCH3 is 3. The van der Waals surface area contributed by atoms with Crippen molar-refractivity contribution >= 4 is 34.0 Å². The molecule has 1 aromatic carbocycles. The van der Waals surface area contributed by atoms with Crippen LogP contribution in [0.3, 0.4) is 0 Å². The van der Waals surface area contributed by atoms with Gasteiger partial charge in [-0.25, -0.2) is 0 Å². The number of benzene rings is 1. The monoisotopic (exact) mass is 357 g/mol. The highest BCUT2D eigenvalue weighted by atomic mass is 35.5. The Morgan fingerprint density at radius 1 is 1.17 bits per heavy atom. The fourth-order valence-corrected chi connectivity index (χ4v) is 2.78. The fraction of sp³-hybridized carbons (Fsp3) is 0.357. The predicted octanol–water partition coefficient (Wildman–Crippen LogP) is 2.80. The molecule has 23 heavy (non-hydrogen) atoms. The molecule has 1 aromatic heterocycles. The van der Waals surface area contributed by atoms with Crippen molar-refractivity contribution in [3.8, 4) is 27.8 Å². The van der Waals surface area contributed by atoms with Gasteiger partial charge in [0.05, 0.1) is 21.3 Å². The predicted molar refractivity (Wildman–Crippen MR) is 89.0 cm³/mol. The van der Waals surface area contributed by atoms with Crippen LogP contribution < -0.4 is 19.5 Å². The van der Waals surface area contributed by atoms with E-state index in [4.69, 9.17) is 25.8 Å². The quantitative estimate of drug-likeness (QED) is 0.767. The van der Waals surface area contributed by atoms with E-state index in [0.29, 0.717) is 27.4 Å². The van der Waals surface area contributed by atoms with Gasteiger partial charge in [0.2, 0.25) is 16.8 Å². The van der Waals surface area contributed by atoms with Crippen LogP contribution in [-0.2, 0) is 4.79 Å². The lowest BCUT2D eigenvalue weighted by Crippen LogP contribution is -2.11. The van der Waals surface area contributed by atoms with Crippen LogP contribution in [0.25, 0.3) is 10.6 Å². The SMILES string of the molecule is COc1cc(-c2nnc(NC(=O)CCCl)s2)cc(OC)c1OC. The number of anilines is 1. The molecule has 2 aromatic rings. The number of carbonyl (C=O) groups is 1. The van der Waals surface area contributed by atoms with Crippen LogP contribution >= 0.6 is 22.9 Å². The first-order valence-electron chi connectivity index (χ1n) is 6.62. The first-order chi connectivity index (χ1) is 11.1. The summed E-state index contributed by atoms with van der Waals surface area (Å²) in [5.41, 5.74) is 0.745. The molecule has 0 aliphatic rings. The zero-order chi connectivity index (χ0) is 16.8. The van der Waals surface area contributed by atoms with Crippen LogP contribution in [0.15, 0.2) is 12.1 Å². The highest BCUT2D eigenvalue weighted by Gasteiger charge is 2.17. The fourth-order valence-electron chi connectivity index (χ4n) is 1.86. The molecule has 0 fully saturated rings. The van der Waals surface area contributed by atoms with Gasteiger partial charge in [0.15, 0.2) is 11.5 Å². The largest absolute Gasteiger partial charge is 0.493 e. The van der Waals surface area contributed by atoms with Crippen molar-refractivity contribution in [3.63, 3.8) is 0 Å². The van der Waals surface area contributed by atoms with Crippen molar-refractivity contribution in [1.82, 2.24) is 10.2 Å². The summed E-state index contributed by atoms with van der Waals surface area (Å²) < 4.78 is 15.9. The number of carbonyl (C=O) groups excluding carboxylic acids is 1. The second-order valence-corrected chi connectivity index (χ2v) is 5.67. The van der Waals surface area contributed by atoms with E-state index in [-0.39, 0.29) is 18.2 Å². The Balaban J connectivity index is 2.31. The van der Waals surface area contributed by atoms with E-state index in [1.165, 1.54) is 18.4 Å². The third-order valence-corrected chi connectivity index (χ3v) is 3.98. The van der Waals surface area contributed by atoms with Crippen molar-refractivity contribution in [3.05, 3.63) is 12.1 Å². The Morgan fingerprint density at radius 2 is 1.83 bits per heavy atom. The summed E-state index contributed by atoms with van der Waals surface area (Å²) in [6.45, 7) is 0. The summed E-state index contributed by atoms with van der Waals surface area (Å²) in [4.78, 5) is 11.5. The number of ether oxygens (including phenoxy) is 3. The summed E-state index contributed by atoms with van der Waals surface area (Å²) >= 11 is 6.77. The Labute approximate surface area is 142 Å². The van der Waals surface area contributed by atoms with Crippen molar-refractivity contribution in [2.75, 3.05) is 32.5 Å². The van der Waals surface area contributed by atoms with Crippen molar-refractivity contribution in [2.24, 2.45) is 0 Å². The summed E-state index contributed by atoms with van der Waals surface area (Å²) in [6.07, 6.45) is 0.223. The highest BCUT2D eigenvalue weighted by molar-refractivity contribution is 7.18. The van der Waals surface area contributed by atoms with Crippen molar-refractivity contribution < 1.29 is 19.0 Å². The summed E-state index contributed by atoms with van der Waals surface area (Å²) in [6, 6.07) is 3.54. The Morgan fingerprint density at radius 3 is 2.35 bits per heavy atom. The van der Waals surface area contributed by atoms with Gasteiger partial charge in [-0.2, -0.15) is 0 Å². The lowest BCUT2D eigenvalue weighted by molar-refractivity contribution is -0.115. The van der Waals surface area contributed by atoms with E-state index in [2.05, 4.69) is 15.5 Å². The lowest BCUT2D eigenvalue weighted by Gasteiger charge is -2.13. The number of rotatable bonds is 7. The highest BCUT2D eigenvalue weighted by Crippen LogP contribution is 2.42. The number of nitrogens with one attached hydrogen (secondary N) is 1. The molecule has 0 bridgehead atoms. The normalized spacial score (nSPS) is 10.3. The molecule has 1 heterocycles. The molecule has 7 nitrogen and oxygen atoms in total. The van der Waals surface area contributed by atoms with E-state index in [1.807, 2.05) is 0 Å². The van der Waals surface area contributed by atoms with Crippen LogP contribution in [0.4, 0.5) is 5.13 Å². The molecular weight excluding hydrogens is 342 g/mol. The average Bonchev–Trinajstić information content (AvgIpc) is 3.01. The van der Waals surface area contributed by atoms with Gasteiger partial charge in [0.1, 0.15) is 5.01 Å². The topological polar surface area (TPSA) is 82.6 Å². The first-order valence-corrected chi connectivity index (χ1v) is 7.97. The smallest absolute Gasteiger partial charge is 0.227 e. The molecule has 0 saturated carbocycles. The van der Waals surface area contributed by atoms with E-state index >= 15 is 0 Å². The minimum Gasteiger partial charge on any atom is -0.493 e. The molecule has 0 aliphatic heterocycles. The zero-order valence-electron chi connectivity index (χ0n) is 12.9. The molecule has 9 heteroatoms. The van der Waals surface area contributed by atoms with Crippen LogP contribution in [0.5, 0.6) is 17.2 Å². The standard InChI is InChI=1S/C14H16ClN3O4S/c1-20-9-6-8(7-10(21-2)12(9)22-3)13-17-18-14(23-13)16-11(19)4-5-15/h6-7H,4-5H2,1-3H3,(H,16,18,19). The van der Waals surface area contributed by atoms with E-state index in [9.17, 15) is 4.79 Å². The molecule has 0 spiro atoms. The molecule has 124 valence electrons. The molecule has 0 radical (unpaired) electrons. The van der Waals surface area contributed by atoms with Gasteiger partial charge in [-0.15, -0.1) is 21.8 Å². The Hall–Kier alpha value is -2.06. The third-order valence-electron chi connectivity index (χ3n) is 2.90. The van der Waals surface area contributed by atoms with Gasteiger partial charge < -0.3 is 19.5 Å². The van der Waals surface area contributed by atoms with Crippen LogP contribution in [-0.4, -0.2) is 43.3 Å². The number of hydrogen-bond donors (Lipinski definition) is 1. The molecule has 0 unspecified atom stereocenters. The average molecular weight is 358 g/mol. The zero-order valence-corrected chi connectivity index (χ0v) is 14.5. The minimum absolute atomic E-state index is 0.201. The summed E-state index contributed by atoms with van der Waals surface area (Å²) in [5.74, 6) is 1.59. The van der Waals surface area contributed by atoms with Crippen LogP contribution in [0.1, 0.15) is 6.42 Å². The second kappa shape index (κ2) is 7.98. The number of hydrogen-bond acceptors (Lipinski definition) is 7. The Bertz CT molecular complexity index is 667. The van der Waals surface area contributed by atoms with Gasteiger partial charge in [0.25, 0.3) is 0 Å². The number of nitrogens with zero attached hydrogens (tertiary/aromatic N) is 2. The van der Waals surface area contributed by atoms with E-state index in [0.717, 1.165) is 5.56 Å². The number of aromatic nitrogens is 2. The van der Waals surface area contributed by atoms with Gasteiger partial charge in [0, 0.05) is 17.9 Å². The van der Waals surface area contributed by atoms with Gasteiger partial charge >= 0.3 is 0 Å². The number of alkyl halides is 1. The maximum atomic E-state index is 11.5. The van der Waals surface area contributed by atoms with Gasteiger partial charge in [-0.05, 0) is 12.1 Å². The Kier molecular flexibility index (Phi) is 6.00. The molecule has 0 saturated heterocycles. The third kappa shape index (κ3) is 4.02. The van der Waals surface area contributed by atoms with Crippen molar-refractivity contribution in [2.45, 2.75) is 6.42 Å². The maximum Gasteiger partial charge on any atom is 0.227 e. The van der Waals surface area contributed by atoms with Crippen molar-refractivity contribution in [1.29, 1.82) is 0 Å². The first kappa shape index (κ1) is 17.3. The number of amides is 1. The maximum absolute atomic E-state index is 11.5. The molecule has 1 amide bonds. The lowest BCUT2D eigenvalue weighted by atomic mass is 10.2. The molecule has 0 atom stereocenters. The molecule has 1 N–H and O–H groups in total. The summed E-state index contributed by atoms with van der Waals surface area (Å²) in [5, 5.41) is 11.7. The molecule has 0 aliphatic carbocycles. The van der Waals surface area contributed by atoms with Crippen LogP contribution in [0, 0.1) is 0 Å². The minimum atomic E-state index is -0.201. The van der Waals surface area contributed by atoms with Crippen LogP contribution in [0.2, 0.25) is 0 Å². The van der Waals surface area contributed by atoms with Gasteiger partial charge in [-0.1, -0.05) is 11.3 Å². The van der Waals surface area contributed by atoms with E-state index in [1.54, 1.807) is 26.4 Å². The molecule has 2 rings (SSSR count). The number of halogens is 1. The summed E-state index contributed by atoms with van der Waals surface area (Å²) in [7, 11) is 4.62. The van der Waals surface area contributed by atoms with E-state index < -0.39 is 0 Å². The molecular formula is C14H16ClN3O4S. The second-order valence-electron chi connectivity index (χ2n) is 4.31.